The molecule has 2 aromatic carbocycles. The molecule has 0 radical (unpaired) electrons. The molecule has 0 aliphatic rings. The van der Waals surface area contributed by atoms with Crippen LogP contribution in [-0.2, 0) is 4.74 Å². The third kappa shape index (κ3) is 5.72. The maximum Gasteiger partial charge on any atom is 0.405 e. The summed E-state index contributed by atoms with van der Waals surface area (Å²) in [6, 6.07) is 15.0. The molecular weight excluding hydrogens is 488 g/mol. The van der Waals surface area contributed by atoms with E-state index < -0.39 is 17.6 Å². The largest absolute Gasteiger partial charge is 0.438 e. The van der Waals surface area contributed by atoms with Crippen molar-refractivity contribution in [1.82, 2.24) is 15.3 Å². The molecule has 9 heteroatoms. The fourth-order valence-corrected chi connectivity index (χ4v) is 5.02. The number of nitrogens with zero attached hydrogens (tertiary/aromatic N) is 1. The first-order valence-corrected chi connectivity index (χ1v) is 12.7. The molecule has 4 aromatic rings. The number of fused-ring (bicyclic) bond motifs is 1. The second-order valence-corrected chi connectivity index (χ2v) is 11.2. The molecule has 2 atom stereocenters. The first-order chi connectivity index (χ1) is 17.5. The molecule has 192 valence electrons. The molecule has 0 aliphatic heterocycles. The number of aldehydes is 1. The lowest BCUT2D eigenvalue weighted by atomic mass is 9.88. The van der Waals surface area contributed by atoms with Gasteiger partial charge in [-0.3, -0.25) is 9.59 Å². The predicted octanol–water partition coefficient (Wildman–Crippen LogP) is 6.09. The molecule has 2 amide bonds. The lowest BCUT2D eigenvalue weighted by Crippen LogP contribution is -2.27. The summed E-state index contributed by atoms with van der Waals surface area (Å²) in [6.45, 7) is 9.57. The number of thiophene rings is 1. The van der Waals surface area contributed by atoms with E-state index in [4.69, 9.17) is 10.5 Å². The van der Waals surface area contributed by atoms with Gasteiger partial charge in [0.2, 0.25) is 0 Å². The first kappa shape index (κ1) is 26.1. The number of nitrogens with two attached hydrogens (primary N) is 1. The molecule has 0 saturated carbocycles. The Morgan fingerprint density at radius 1 is 1.16 bits per heavy atom. The minimum Gasteiger partial charge on any atom is -0.438 e. The van der Waals surface area contributed by atoms with E-state index in [2.05, 4.69) is 15.3 Å². The molecule has 37 heavy (non-hydrogen) atoms. The van der Waals surface area contributed by atoms with Gasteiger partial charge in [-0.15, -0.1) is 11.3 Å². The lowest BCUT2D eigenvalue weighted by Gasteiger charge is -2.27. The number of aryl methyl sites for hydroxylation is 1. The molecule has 4 rings (SSSR count). The van der Waals surface area contributed by atoms with Gasteiger partial charge < -0.3 is 20.8 Å². The Balaban J connectivity index is 1.58. The standard InChI is InChI=1S/C28H30N4O4S/c1-15-11-21-22(32-25(31-21)24(28(3,4)5)36-27(29)35)13-20(15)26(34)30-16(2)17-7-6-8-18(12-17)23-10-9-19(14-33)37-23/h6-14,16,24H,1-5H3,(H2,29,35)(H,30,34)(H,31,32)/t16?,24-/m0/s1. The van der Waals surface area contributed by atoms with Crippen molar-refractivity contribution in [3.8, 4) is 10.4 Å². The molecule has 1 unspecified atom stereocenters. The van der Waals surface area contributed by atoms with Crippen LogP contribution in [0.5, 0.6) is 0 Å². The first-order valence-electron chi connectivity index (χ1n) is 11.9. The topological polar surface area (TPSA) is 127 Å². The number of aromatic nitrogens is 2. The average molecular weight is 519 g/mol. The van der Waals surface area contributed by atoms with Gasteiger partial charge in [0.1, 0.15) is 5.82 Å². The number of carbonyl (C=O) groups excluding carboxylic acids is 3. The van der Waals surface area contributed by atoms with Crippen LogP contribution in [-0.4, -0.2) is 28.3 Å². The van der Waals surface area contributed by atoms with Crippen LogP contribution in [0.3, 0.4) is 0 Å². The number of rotatable bonds is 7. The van der Waals surface area contributed by atoms with Crippen molar-refractivity contribution in [1.29, 1.82) is 0 Å². The average Bonchev–Trinajstić information content (AvgIpc) is 3.48. The number of benzene rings is 2. The van der Waals surface area contributed by atoms with Crippen LogP contribution >= 0.6 is 11.3 Å². The fourth-order valence-electron chi connectivity index (χ4n) is 4.20. The van der Waals surface area contributed by atoms with Crippen molar-refractivity contribution in [3.05, 3.63) is 75.9 Å². The van der Waals surface area contributed by atoms with Crippen molar-refractivity contribution in [2.75, 3.05) is 0 Å². The summed E-state index contributed by atoms with van der Waals surface area (Å²) in [5.41, 5.74) is 9.39. The summed E-state index contributed by atoms with van der Waals surface area (Å²) in [6.07, 6.45) is -0.706. The highest BCUT2D eigenvalue weighted by molar-refractivity contribution is 7.17. The van der Waals surface area contributed by atoms with Gasteiger partial charge in [0.15, 0.2) is 12.4 Å². The molecule has 0 spiro atoms. The predicted molar refractivity (Wildman–Crippen MR) is 145 cm³/mol. The number of aromatic amines is 1. The van der Waals surface area contributed by atoms with Crippen molar-refractivity contribution >= 4 is 40.7 Å². The van der Waals surface area contributed by atoms with E-state index in [1.165, 1.54) is 11.3 Å². The zero-order valence-corrected chi connectivity index (χ0v) is 22.2. The number of imidazole rings is 1. The Hall–Kier alpha value is -3.98. The molecule has 2 heterocycles. The van der Waals surface area contributed by atoms with Crippen molar-refractivity contribution in [3.63, 3.8) is 0 Å². The Bertz CT molecular complexity index is 1480. The summed E-state index contributed by atoms with van der Waals surface area (Å²) in [4.78, 5) is 45.3. The van der Waals surface area contributed by atoms with Gasteiger partial charge in [0.05, 0.1) is 22.0 Å². The van der Waals surface area contributed by atoms with Gasteiger partial charge in [-0.1, -0.05) is 39.0 Å². The SMILES string of the molecule is Cc1cc2[nH]c([C@H](OC(N)=O)C(C)(C)C)nc2cc1C(=O)NC(C)c1cccc(-c2ccc(C=O)s2)c1. The Labute approximate surface area is 219 Å². The van der Waals surface area contributed by atoms with Gasteiger partial charge in [-0.25, -0.2) is 9.78 Å². The number of H-pyrrole nitrogens is 1. The Morgan fingerprint density at radius 2 is 1.92 bits per heavy atom. The minimum atomic E-state index is -0.877. The highest BCUT2D eigenvalue weighted by Crippen LogP contribution is 2.36. The number of carbonyl (C=O) groups is 3. The zero-order chi connectivity index (χ0) is 26.9. The van der Waals surface area contributed by atoms with E-state index in [1.807, 2.05) is 71.0 Å². The minimum absolute atomic E-state index is 0.220. The van der Waals surface area contributed by atoms with Gasteiger partial charge in [0, 0.05) is 15.9 Å². The maximum absolute atomic E-state index is 13.3. The molecular formula is C28H30N4O4S. The number of ether oxygens (including phenoxy) is 1. The second kappa shape index (κ2) is 10.2. The molecule has 0 saturated heterocycles. The maximum atomic E-state index is 13.3. The molecule has 0 fully saturated rings. The molecule has 0 bridgehead atoms. The quantitative estimate of drug-likeness (QED) is 0.255. The molecule has 0 aliphatic carbocycles. The van der Waals surface area contributed by atoms with Crippen LogP contribution in [0.15, 0.2) is 48.5 Å². The number of primary amides is 1. The van der Waals surface area contributed by atoms with Crippen molar-refractivity contribution < 1.29 is 19.1 Å². The summed E-state index contributed by atoms with van der Waals surface area (Å²) >= 11 is 1.43. The number of hydrogen-bond donors (Lipinski definition) is 3. The van der Waals surface area contributed by atoms with E-state index in [-0.39, 0.29) is 11.9 Å². The van der Waals surface area contributed by atoms with Gasteiger partial charge >= 0.3 is 6.09 Å². The second-order valence-electron chi connectivity index (χ2n) is 10.1. The van der Waals surface area contributed by atoms with Gasteiger partial charge in [-0.2, -0.15) is 0 Å². The summed E-state index contributed by atoms with van der Waals surface area (Å²) < 4.78 is 5.34. The zero-order valence-electron chi connectivity index (χ0n) is 21.4. The van der Waals surface area contributed by atoms with E-state index in [1.54, 1.807) is 12.1 Å². The summed E-state index contributed by atoms with van der Waals surface area (Å²) in [5.74, 6) is 0.247. The summed E-state index contributed by atoms with van der Waals surface area (Å²) in [7, 11) is 0. The van der Waals surface area contributed by atoms with E-state index >= 15 is 0 Å². The fraction of sp³-hybridized carbons (Fsp3) is 0.286. The third-order valence-corrected chi connectivity index (χ3v) is 7.18. The number of hydrogen-bond acceptors (Lipinski definition) is 6. The van der Waals surface area contributed by atoms with E-state index in [0.29, 0.717) is 21.8 Å². The van der Waals surface area contributed by atoms with E-state index in [9.17, 15) is 14.4 Å². The molecule has 4 N–H and O–H groups in total. The monoisotopic (exact) mass is 518 g/mol. The van der Waals surface area contributed by atoms with Crippen LogP contribution in [0, 0.1) is 12.3 Å². The van der Waals surface area contributed by atoms with Crippen molar-refractivity contribution in [2.45, 2.75) is 46.8 Å². The van der Waals surface area contributed by atoms with Crippen molar-refractivity contribution in [2.24, 2.45) is 11.1 Å². The van der Waals surface area contributed by atoms with E-state index in [0.717, 1.165) is 33.4 Å². The van der Waals surface area contributed by atoms with Gasteiger partial charge in [-0.05, 0) is 60.9 Å². The number of amides is 2. The van der Waals surface area contributed by atoms with Crippen LogP contribution in [0.4, 0.5) is 4.79 Å². The normalized spacial score (nSPS) is 13.2. The van der Waals surface area contributed by atoms with Crippen LogP contribution in [0.25, 0.3) is 21.5 Å². The van der Waals surface area contributed by atoms with Crippen LogP contribution < -0.4 is 11.1 Å². The highest BCUT2D eigenvalue weighted by atomic mass is 32.1. The molecule has 2 aromatic heterocycles. The van der Waals surface area contributed by atoms with Crippen LogP contribution in [0.1, 0.15) is 76.8 Å². The smallest absolute Gasteiger partial charge is 0.405 e. The van der Waals surface area contributed by atoms with Crippen LogP contribution in [0.2, 0.25) is 0 Å². The molecule has 8 nitrogen and oxygen atoms in total. The summed E-state index contributed by atoms with van der Waals surface area (Å²) in [5, 5.41) is 3.08. The number of nitrogens with one attached hydrogen (secondary N) is 2. The lowest BCUT2D eigenvalue weighted by molar-refractivity contribution is 0.0308. The Morgan fingerprint density at radius 3 is 2.57 bits per heavy atom. The highest BCUT2D eigenvalue weighted by Gasteiger charge is 2.32. The van der Waals surface area contributed by atoms with Gasteiger partial charge in [0.25, 0.3) is 5.91 Å². The Kier molecular flexibility index (Phi) is 7.18. The third-order valence-electron chi connectivity index (χ3n) is 6.12.